The fraction of sp³-hybridized carbons (Fsp3) is 1.00. The Balaban J connectivity index is 4.36. The molecule has 0 aromatic carbocycles. The molecule has 0 radical (unpaired) electrons. The molecule has 0 saturated heterocycles. The van der Waals surface area contributed by atoms with Crippen LogP contribution in [0.4, 0.5) is 0 Å². The largest absolute Gasteiger partial charge is 0.489 e. The first-order chi connectivity index (χ1) is 6.30. The summed E-state index contributed by atoms with van der Waals surface area (Å²) in [7, 11) is -3.93. The quantitative estimate of drug-likeness (QED) is 0.554. The number of hydrogen-bond donors (Lipinski definition) is 1. The van der Waals surface area contributed by atoms with Crippen LogP contribution in [0.3, 0.4) is 0 Å². The maximum absolute atomic E-state index is 11.3. The lowest BCUT2D eigenvalue weighted by molar-refractivity contribution is -0.132. The summed E-state index contributed by atoms with van der Waals surface area (Å²) in [6.45, 7) is 9.31. The zero-order chi connectivity index (χ0) is 11.4. The van der Waals surface area contributed by atoms with Crippen LogP contribution in [0.1, 0.15) is 34.6 Å². The van der Waals surface area contributed by atoms with Crippen LogP contribution in [0.5, 0.6) is 0 Å². The Labute approximate surface area is 85.6 Å². The normalized spacial score (nSPS) is 16.6. The molecule has 5 nitrogen and oxygen atoms in total. The van der Waals surface area contributed by atoms with Crippen molar-refractivity contribution >= 4 is 7.82 Å². The summed E-state index contributed by atoms with van der Waals surface area (Å²) >= 11 is 0. The molecule has 0 aliphatic carbocycles. The molecule has 0 bridgehead atoms. The van der Waals surface area contributed by atoms with Crippen molar-refractivity contribution in [3.63, 3.8) is 0 Å². The van der Waals surface area contributed by atoms with E-state index in [9.17, 15) is 9.46 Å². The SMILES string of the molecule is CCOP(=O)(O)ON(C(C)C)C(C)C. The van der Waals surface area contributed by atoms with Gasteiger partial charge in [-0.3, -0.25) is 4.52 Å². The van der Waals surface area contributed by atoms with E-state index in [0.29, 0.717) is 0 Å². The molecule has 0 heterocycles. The van der Waals surface area contributed by atoms with Crippen molar-refractivity contribution in [2.45, 2.75) is 46.7 Å². The summed E-state index contributed by atoms with van der Waals surface area (Å²) in [6.07, 6.45) is 0. The van der Waals surface area contributed by atoms with Crippen LogP contribution in [0.2, 0.25) is 0 Å². The van der Waals surface area contributed by atoms with Gasteiger partial charge in [0.2, 0.25) is 0 Å². The molecule has 0 aliphatic heterocycles. The molecular weight excluding hydrogens is 205 g/mol. The van der Waals surface area contributed by atoms with Crippen molar-refractivity contribution in [1.82, 2.24) is 5.06 Å². The second-order valence-corrected chi connectivity index (χ2v) is 4.87. The van der Waals surface area contributed by atoms with E-state index in [1.807, 2.05) is 27.7 Å². The van der Waals surface area contributed by atoms with Crippen LogP contribution in [-0.4, -0.2) is 28.6 Å². The molecule has 0 rings (SSSR count). The van der Waals surface area contributed by atoms with Gasteiger partial charge in [0.15, 0.2) is 0 Å². The first-order valence-electron chi connectivity index (χ1n) is 4.75. The van der Waals surface area contributed by atoms with Gasteiger partial charge < -0.3 is 4.89 Å². The van der Waals surface area contributed by atoms with Crippen molar-refractivity contribution < 1.29 is 18.6 Å². The molecule has 1 atom stereocenters. The van der Waals surface area contributed by atoms with Crippen molar-refractivity contribution in [2.75, 3.05) is 6.61 Å². The highest BCUT2D eigenvalue weighted by atomic mass is 31.2. The standard InChI is InChI=1S/C8H20NO4P/c1-6-12-14(10,11)13-9(7(2)3)8(4)5/h7-8H,6H2,1-5H3,(H,10,11). The van der Waals surface area contributed by atoms with E-state index in [1.165, 1.54) is 5.06 Å². The molecule has 1 unspecified atom stereocenters. The number of rotatable bonds is 6. The zero-order valence-electron chi connectivity index (χ0n) is 9.43. The van der Waals surface area contributed by atoms with Crippen LogP contribution in [0.25, 0.3) is 0 Å². The third-order valence-corrected chi connectivity index (χ3v) is 2.49. The summed E-state index contributed by atoms with van der Waals surface area (Å²) in [5, 5.41) is 1.45. The van der Waals surface area contributed by atoms with E-state index in [0.717, 1.165) is 0 Å². The van der Waals surface area contributed by atoms with Gasteiger partial charge in [-0.1, -0.05) is 0 Å². The molecule has 0 amide bonds. The minimum absolute atomic E-state index is 0.0240. The van der Waals surface area contributed by atoms with E-state index in [4.69, 9.17) is 4.62 Å². The van der Waals surface area contributed by atoms with Gasteiger partial charge in [-0.2, -0.15) is 9.69 Å². The van der Waals surface area contributed by atoms with Crippen LogP contribution >= 0.6 is 7.82 Å². The highest BCUT2D eigenvalue weighted by Crippen LogP contribution is 2.44. The predicted octanol–water partition coefficient (Wildman–Crippen LogP) is 2.17. The Morgan fingerprint density at radius 2 is 1.71 bits per heavy atom. The minimum atomic E-state index is -3.93. The monoisotopic (exact) mass is 225 g/mol. The molecule has 0 aromatic heterocycles. The number of hydroxylamine groups is 2. The summed E-state index contributed by atoms with van der Waals surface area (Å²) < 4.78 is 20.8. The second kappa shape index (κ2) is 5.83. The van der Waals surface area contributed by atoms with E-state index in [2.05, 4.69) is 4.52 Å². The Kier molecular flexibility index (Phi) is 5.86. The molecule has 0 saturated carbocycles. The third kappa shape index (κ3) is 5.08. The topological polar surface area (TPSA) is 59.0 Å². The Morgan fingerprint density at radius 3 is 2.00 bits per heavy atom. The maximum Gasteiger partial charge on any atom is 0.489 e. The fourth-order valence-electron chi connectivity index (χ4n) is 1.09. The molecular formula is C8H20NO4P. The molecule has 1 N–H and O–H groups in total. The maximum atomic E-state index is 11.3. The van der Waals surface area contributed by atoms with Crippen molar-refractivity contribution in [1.29, 1.82) is 0 Å². The van der Waals surface area contributed by atoms with E-state index < -0.39 is 7.82 Å². The number of phosphoric acid groups is 1. The smallest absolute Gasteiger partial charge is 0.301 e. The van der Waals surface area contributed by atoms with Crippen LogP contribution < -0.4 is 0 Å². The Bertz CT molecular complexity index is 200. The fourth-order valence-corrected chi connectivity index (χ4v) is 2.08. The van der Waals surface area contributed by atoms with Crippen molar-refractivity contribution in [2.24, 2.45) is 0 Å². The van der Waals surface area contributed by atoms with Gasteiger partial charge in [-0.05, 0) is 34.6 Å². The van der Waals surface area contributed by atoms with E-state index in [-0.39, 0.29) is 18.7 Å². The molecule has 0 aliphatic rings. The molecule has 14 heavy (non-hydrogen) atoms. The first kappa shape index (κ1) is 14.1. The Morgan fingerprint density at radius 1 is 1.29 bits per heavy atom. The van der Waals surface area contributed by atoms with Crippen LogP contribution in [-0.2, 0) is 13.7 Å². The lowest BCUT2D eigenvalue weighted by Crippen LogP contribution is -2.36. The third-order valence-electron chi connectivity index (χ3n) is 1.51. The molecule has 86 valence electrons. The number of phosphoric ester groups is 1. The van der Waals surface area contributed by atoms with Gasteiger partial charge in [0, 0.05) is 12.1 Å². The lowest BCUT2D eigenvalue weighted by atomic mass is 10.3. The number of hydrogen-bond acceptors (Lipinski definition) is 4. The molecule has 6 heteroatoms. The van der Waals surface area contributed by atoms with Gasteiger partial charge >= 0.3 is 7.82 Å². The van der Waals surface area contributed by atoms with Crippen molar-refractivity contribution in [3.8, 4) is 0 Å². The number of nitrogens with zero attached hydrogens (tertiary/aromatic N) is 1. The molecule has 0 aromatic rings. The van der Waals surface area contributed by atoms with E-state index >= 15 is 0 Å². The zero-order valence-corrected chi connectivity index (χ0v) is 10.3. The van der Waals surface area contributed by atoms with Gasteiger partial charge in [0.1, 0.15) is 0 Å². The van der Waals surface area contributed by atoms with Gasteiger partial charge in [-0.25, -0.2) is 4.57 Å². The van der Waals surface area contributed by atoms with Gasteiger partial charge in [0.25, 0.3) is 0 Å². The van der Waals surface area contributed by atoms with Crippen LogP contribution in [0, 0.1) is 0 Å². The lowest BCUT2D eigenvalue weighted by Gasteiger charge is -2.29. The second-order valence-electron chi connectivity index (χ2n) is 3.52. The average molecular weight is 225 g/mol. The summed E-state index contributed by atoms with van der Waals surface area (Å²) in [4.78, 5) is 9.25. The summed E-state index contributed by atoms with van der Waals surface area (Å²) in [5.41, 5.74) is 0. The summed E-state index contributed by atoms with van der Waals surface area (Å²) in [5.74, 6) is 0. The molecule has 0 fully saturated rings. The van der Waals surface area contributed by atoms with Gasteiger partial charge in [-0.15, -0.1) is 0 Å². The predicted molar refractivity (Wildman–Crippen MR) is 54.6 cm³/mol. The summed E-state index contributed by atoms with van der Waals surface area (Å²) in [6, 6.07) is 0.0480. The average Bonchev–Trinajstić information content (AvgIpc) is 1.99. The Hall–Kier alpha value is 0.0700. The van der Waals surface area contributed by atoms with Crippen LogP contribution in [0.15, 0.2) is 0 Å². The highest BCUT2D eigenvalue weighted by Gasteiger charge is 2.28. The van der Waals surface area contributed by atoms with E-state index in [1.54, 1.807) is 6.92 Å². The molecule has 0 spiro atoms. The highest BCUT2D eigenvalue weighted by molar-refractivity contribution is 7.47. The minimum Gasteiger partial charge on any atom is -0.301 e. The van der Waals surface area contributed by atoms with Gasteiger partial charge in [0.05, 0.1) is 6.61 Å². The van der Waals surface area contributed by atoms with Crippen molar-refractivity contribution in [3.05, 3.63) is 0 Å². The first-order valence-corrected chi connectivity index (χ1v) is 6.25.